The van der Waals surface area contributed by atoms with Gasteiger partial charge in [0.1, 0.15) is 0 Å². The predicted molar refractivity (Wildman–Crippen MR) is 122 cm³/mol. The van der Waals surface area contributed by atoms with E-state index in [0.717, 1.165) is 5.69 Å². The summed E-state index contributed by atoms with van der Waals surface area (Å²) in [6.45, 7) is 11.8. The zero-order valence-electron chi connectivity index (χ0n) is 17.1. The van der Waals surface area contributed by atoms with Gasteiger partial charge >= 0.3 is 0 Å². The molecule has 0 aromatic heterocycles. The highest BCUT2D eigenvalue weighted by atomic mass is 127. The van der Waals surface area contributed by atoms with Gasteiger partial charge in [0.15, 0.2) is 17.5 Å². The third kappa shape index (κ3) is 8.23. The molecule has 0 fully saturated rings. The molecule has 0 saturated carbocycles. The summed E-state index contributed by atoms with van der Waals surface area (Å²) in [7, 11) is 1.61. The van der Waals surface area contributed by atoms with Gasteiger partial charge in [0.25, 0.3) is 0 Å². The fourth-order valence-corrected chi connectivity index (χ4v) is 2.21. The molecular weight excluding hydrogens is 459 g/mol. The molecule has 0 heterocycles. The molecule has 0 radical (unpaired) electrons. The van der Waals surface area contributed by atoms with Crippen LogP contribution in [0.2, 0.25) is 0 Å². The molecule has 0 spiro atoms. The van der Waals surface area contributed by atoms with E-state index in [1.165, 1.54) is 0 Å². The summed E-state index contributed by atoms with van der Waals surface area (Å²) >= 11 is 0. The Kier molecular flexibility index (Phi) is 11.8. The normalized spacial score (nSPS) is 11.3. The number of methoxy groups -OCH3 is 1. The van der Waals surface area contributed by atoms with Crippen LogP contribution in [-0.4, -0.2) is 45.2 Å². The molecule has 27 heavy (non-hydrogen) atoms. The quantitative estimate of drug-likeness (QED) is 0.280. The van der Waals surface area contributed by atoms with Gasteiger partial charge in [-0.15, -0.1) is 24.0 Å². The lowest BCUT2D eigenvalue weighted by atomic mass is 9.92. The molecule has 1 aromatic rings. The van der Waals surface area contributed by atoms with E-state index in [9.17, 15) is 4.79 Å². The minimum absolute atomic E-state index is 0. The molecule has 1 rings (SSSR count). The number of hydrogen-bond acceptors (Lipinski definition) is 4. The molecule has 1 aromatic carbocycles. The van der Waals surface area contributed by atoms with Crippen LogP contribution in [0.25, 0.3) is 0 Å². The van der Waals surface area contributed by atoms with Crippen LogP contribution in [0.4, 0.5) is 5.69 Å². The first-order valence-electron chi connectivity index (χ1n) is 9.02. The van der Waals surface area contributed by atoms with Gasteiger partial charge in [0, 0.05) is 24.8 Å². The first-order valence-corrected chi connectivity index (χ1v) is 9.02. The number of nitrogens with zero attached hydrogens (tertiary/aromatic N) is 1. The van der Waals surface area contributed by atoms with E-state index in [-0.39, 0.29) is 29.9 Å². The van der Waals surface area contributed by atoms with Crippen LogP contribution < -0.4 is 25.4 Å². The van der Waals surface area contributed by atoms with E-state index < -0.39 is 5.41 Å². The van der Waals surface area contributed by atoms with Crippen LogP contribution in [0, 0.1) is 5.41 Å². The Morgan fingerprint density at radius 1 is 1.11 bits per heavy atom. The molecular formula is C19H33IN4O3. The molecule has 1 amide bonds. The smallest absolute Gasteiger partial charge is 0.227 e. The number of carbonyl (C=O) groups is 1. The van der Waals surface area contributed by atoms with Crippen LogP contribution in [0.15, 0.2) is 23.2 Å². The number of anilines is 1. The number of benzene rings is 1. The van der Waals surface area contributed by atoms with Crippen molar-refractivity contribution in [3.63, 3.8) is 0 Å². The zero-order chi connectivity index (χ0) is 19.6. The maximum Gasteiger partial charge on any atom is 0.227 e. The van der Waals surface area contributed by atoms with Crippen LogP contribution in [0.1, 0.15) is 34.6 Å². The number of guanidine groups is 1. The lowest BCUT2D eigenvalue weighted by molar-refractivity contribution is -0.128. The SMILES string of the molecule is CCNC(=O)C(C)(C)CN=C(NCC)Nc1ccc(OC)c(OCC)c1.I. The van der Waals surface area contributed by atoms with E-state index in [1.54, 1.807) is 7.11 Å². The molecule has 3 N–H and O–H groups in total. The second kappa shape index (κ2) is 12.6. The van der Waals surface area contributed by atoms with Crippen LogP contribution in [-0.2, 0) is 4.79 Å². The van der Waals surface area contributed by atoms with Crippen molar-refractivity contribution in [2.45, 2.75) is 34.6 Å². The third-order valence-electron chi connectivity index (χ3n) is 3.65. The predicted octanol–water partition coefficient (Wildman–Crippen LogP) is 3.25. The van der Waals surface area contributed by atoms with Crippen LogP contribution in [0.5, 0.6) is 11.5 Å². The Hall–Kier alpha value is -1.71. The zero-order valence-corrected chi connectivity index (χ0v) is 19.5. The molecule has 0 aliphatic heterocycles. The first-order chi connectivity index (χ1) is 12.4. The molecule has 7 nitrogen and oxygen atoms in total. The van der Waals surface area contributed by atoms with Gasteiger partial charge in [0.05, 0.1) is 25.7 Å². The maximum atomic E-state index is 12.1. The summed E-state index contributed by atoms with van der Waals surface area (Å²) in [5.74, 6) is 1.94. The van der Waals surface area contributed by atoms with Crippen molar-refractivity contribution in [1.29, 1.82) is 0 Å². The molecule has 8 heteroatoms. The summed E-state index contributed by atoms with van der Waals surface area (Å²) < 4.78 is 10.9. The van der Waals surface area contributed by atoms with Gasteiger partial charge < -0.3 is 25.4 Å². The van der Waals surface area contributed by atoms with E-state index >= 15 is 0 Å². The Morgan fingerprint density at radius 2 is 1.78 bits per heavy atom. The summed E-state index contributed by atoms with van der Waals surface area (Å²) in [6.07, 6.45) is 0. The van der Waals surface area contributed by atoms with Gasteiger partial charge in [-0.3, -0.25) is 9.79 Å². The summed E-state index contributed by atoms with van der Waals surface area (Å²) in [4.78, 5) is 16.7. The van der Waals surface area contributed by atoms with Gasteiger partial charge in [-0.05, 0) is 46.8 Å². The number of nitrogens with one attached hydrogen (secondary N) is 3. The number of halogens is 1. The Bertz CT molecular complexity index is 621. The number of hydrogen-bond donors (Lipinski definition) is 3. The molecule has 0 aliphatic rings. The van der Waals surface area contributed by atoms with Crippen LogP contribution >= 0.6 is 24.0 Å². The van der Waals surface area contributed by atoms with E-state index in [1.807, 2.05) is 52.8 Å². The fraction of sp³-hybridized carbons (Fsp3) is 0.579. The topological polar surface area (TPSA) is 84.0 Å². The van der Waals surface area contributed by atoms with Crippen molar-refractivity contribution in [3.05, 3.63) is 18.2 Å². The Labute approximate surface area is 179 Å². The second-order valence-electron chi connectivity index (χ2n) is 6.36. The average molecular weight is 492 g/mol. The number of rotatable bonds is 9. The van der Waals surface area contributed by atoms with Gasteiger partial charge in [0.2, 0.25) is 5.91 Å². The first kappa shape index (κ1) is 25.3. The third-order valence-corrected chi connectivity index (χ3v) is 3.65. The molecule has 0 unspecified atom stereocenters. The van der Waals surface area contributed by atoms with E-state index in [2.05, 4.69) is 20.9 Å². The lowest BCUT2D eigenvalue weighted by Crippen LogP contribution is -2.40. The van der Waals surface area contributed by atoms with Crippen molar-refractivity contribution >= 4 is 41.5 Å². The van der Waals surface area contributed by atoms with Crippen molar-refractivity contribution in [3.8, 4) is 11.5 Å². The van der Waals surface area contributed by atoms with E-state index in [0.29, 0.717) is 43.7 Å². The minimum Gasteiger partial charge on any atom is -0.493 e. The summed E-state index contributed by atoms with van der Waals surface area (Å²) in [6, 6.07) is 5.60. The van der Waals surface area contributed by atoms with Gasteiger partial charge in [-0.25, -0.2) is 0 Å². The van der Waals surface area contributed by atoms with Crippen molar-refractivity contribution in [2.24, 2.45) is 10.4 Å². The van der Waals surface area contributed by atoms with E-state index in [4.69, 9.17) is 9.47 Å². The highest BCUT2D eigenvalue weighted by Crippen LogP contribution is 2.30. The maximum absolute atomic E-state index is 12.1. The Balaban J connectivity index is 0.00000676. The monoisotopic (exact) mass is 492 g/mol. The number of amides is 1. The second-order valence-corrected chi connectivity index (χ2v) is 6.36. The molecule has 0 aliphatic carbocycles. The standard InChI is InChI=1S/C19H32N4O3.HI/c1-7-20-17(24)19(4,5)13-22-18(21-8-2)23-14-10-11-15(25-6)16(12-14)26-9-3;/h10-12H,7-9,13H2,1-6H3,(H,20,24)(H2,21,22,23);1H. The number of aliphatic imine (C=N–C) groups is 1. The minimum atomic E-state index is -0.589. The van der Waals surface area contributed by atoms with Crippen molar-refractivity contribution < 1.29 is 14.3 Å². The molecule has 0 bridgehead atoms. The largest absolute Gasteiger partial charge is 0.493 e. The van der Waals surface area contributed by atoms with Crippen molar-refractivity contribution in [1.82, 2.24) is 10.6 Å². The van der Waals surface area contributed by atoms with Crippen molar-refractivity contribution in [2.75, 3.05) is 38.7 Å². The number of carbonyl (C=O) groups excluding carboxylic acids is 1. The highest BCUT2D eigenvalue weighted by Gasteiger charge is 2.26. The highest BCUT2D eigenvalue weighted by molar-refractivity contribution is 14.0. The molecule has 0 atom stereocenters. The average Bonchev–Trinajstić information content (AvgIpc) is 2.61. The van der Waals surface area contributed by atoms with Gasteiger partial charge in [-0.1, -0.05) is 0 Å². The molecule has 0 saturated heterocycles. The van der Waals surface area contributed by atoms with Gasteiger partial charge in [-0.2, -0.15) is 0 Å². The lowest BCUT2D eigenvalue weighted by Gasteiger charge is -2.22. The summed E-state index contributed by atoms with van der Waals surface area (Å²) in [5, 5.41) is 9.28. The van der Waals surface area contributed by atoms with Crippen LogP contribution in [0.3, 0.4) is 0 Å². The Morgan fingerprint density at radius 3 is 2.33 bits per heavy atom. The summed E-state index contributed by atoms with van der Waals surface area (Å²) in [5.41, 5.74) is 0.235. The fourth-order valence-electron chi connectivity index (χ4n) is 2.21. The number of ether oxygens (including phenoxy) is 2. The molecule has 154 valence electrons.